The normalized spacial score (nSPS) is 12.8. The molecule has 4 rings (SSSR count). The molecule has 6 nitrogen and oxygen atoms in total. The number of aromatic nitrogens is 6. The molecule has 2 heterocycles. The number of halogens is 1. The van der Waals surface area contributed by atoms with Crippen LogP contribution < -0.4 is 0 Å². The fourth-order valence-electron chi connectivity index (χ4n) is 2.41. The summed E-state index contributed by atoms with van der Waals surface area (Å²) in [5, 5.41) is 17.6. The molecule has 0 amide bonds. The number of allylic oxidation sites excluding steroid dienone is 1. The Morgan fingerprint density at radius 2 is 1.55 bits per heavy atom. The number of hydrogen-bond donors (Lipinski definition) is 0. The first-order valence-electron chi connectivity index (χ1n) is 6.70. The molecule has 0 fully saturated rings. The first-order chi connectivity index (χ1) is 10.7. The molecule has 4 aromatic rings. The van der Waals surface area contributed by atoms with Crippen molar-refractivity contribution in [3.8, 4) is 0 Å². The van der Waals surface area contributed by atoms with Crippen LogP contribution in [0.5, 0.6) is 0 Å². The van der Waals surface area contributed by atoms with Gasteiger partial charge in [-0.3, -0.25) is 0 Å². The monoisotopic (exact) mass is 310 g/mol. The molecule has 108 valence electrons. The summed E-state index contributed by atoms with van der Waals surface area (Å²) in [5.41, 5.74) is 3.20. The van der Waals surface area contributed by atoms with Gasteiger partial charge in [0.15, 0.2) is 6.17 Å². The van der Waals surface area contributed by atoms with Gasteiger partial charge in [0.25, 0.3) is 0 Å². The Balaban J connectivity index is 1.92. The Hall–Kier alpha value is -2.73. The van der Waals surface area contributed by atoms with Gasteiger partial charge in [0.2, 0.25) is 0 Å². The average Bonchev–Trinajstić information content (AvgIpc) is 3.12. The molecule has 2 aromatic carbocycles. The van der Waals surface area contributed by atoms with Crippen LogP contribution in [-0.2, 0) is 0 Å². The molecule has 0 aliphatic carbocycles. The van der Waals surface area contributed by atoms with Gasteiger partial charge in [-0.05, 0) is 24.3 Å². The van der Waals surface area contributed by atoms with E-state index >= 15 is 0 Å². The Bertz CT molecular complexity index is 953. The van der Waals surface area contributed by atoms with E-state index in [2.05, 4.69) is 27.1 Å². The first kappa shape index (κ1) is 13.0. The minimum Gasteiger partial charge on any atom is -0.213 e. The van der Waals surface area contributed by atoms with E-state index in [1.165, 1.54) is 4.80 Å². The van der Waals surface area contributed by atoms with E-state index < -0.39 is 6.17 Å². The summed E-state index contributed by atoms with van der Waals surface area (Å²) in [7, 11) is 0. The second-order valence-electron chi connectivity index (χ2n) is 4.85. The summed E-state index contributed by atoms with van der Waals surface area (Å²) in [6.07, 6.45) is -0.540. The van der Waals surface area contributed by atoms with Crippen molar-refractivity contribution >= 4 is 33.7 Å². The summed E-state index contributed by atoms with van der Waals surface area (Å²) in [5.74, 6) is 0. The van der Waals surface area contributed by atoms with Gasteiger partial charge in [-0.1, -0.05) is 47.7 Å². The highest BCUT2D eigenvalue weighted by atomic mass is 35.5. The molecule has 22 heavy (non-hydrogen) atoms. The Kier molecular flexibility index (Phi) is 2.90. The fourth-order valence-corrected chi connectivity index (χ4v) is 2.59. The predicted molar refractivity (Wildman–Crippen MR) is 84.5 cm³/mol. The maximum absolute atomic E-state index is 6.21. The van der Waals surface area contributed by atoms with Gasteiger partial charge in [-0.25, -0.2) is 4.68 Å². The van der Waals surface area contributed by atoms with Crippen molar-refractivity contribution in [2.24, 2.45) is 0 Å². The number of nitrogens with zero attached hydrogens (tertiary/aromatic N) is 6. The van der Waals surface area contributed by atoms with Gasteiger partial charge in [0.05, 0.1) is 10.5 Å². The molecule has 0 saturated carbocycles. The fraction of sp³-hybridized carbons (Fsp3) is 0.0667. The van der Waals surface area contributed by atoms with Gasteiger partial charge < -0.3 is 0 Å². The molecule has 1 atom stereocenters. The van der Waals surface area contributed by atoms with Gasteiger partial charge >= 0.3 is 0 Å². The predicted octanol–water partition coefficient (Wildman–Crippen LogP) is 2.98. The topological polar surface area (TPSA) is 61.4 Å². The standard InChI is InChI=1S/C15H11ClN6/c1-10(16)15(21-14-9-5-4-8-13(14)17-20-21)22-18-11-6-2-3-7-12(11)19-22/h2-9,15H,1H2. The van der Waals surface area contributed by atoms with Crippen LogP contribution in [0.15, 0.2) is 60.1 Å². The van der Waals surface area contributed by atoms with Crippen LogP contribution in [0.2, 0.25) is 0 Å². The van der Waals surface area contributed by atoms with Crippen molar-refractivity contribution in [1.82, 2.24) is 30.0 Å². The maximum Gasteiger partial charge on any atom is 0.200 e. The minimum atomic E-state index is -0.540. The van der Waals surface area contributed by atoms with Gasteiger partial charge in [-0.15, -0.1) is 5.10 Å². The van der Waals surface area contributed by atoms with E-state index in [1.54, 1.807) is 4.68 Å². The maximum atomic E-state index is 6.21. The van der Waals surface area contributed by atoms with Crippen molar-refractivity contribution in [3.63, 3.8) is 0 Å². The van der Waals surface area contributed by atoms with Crippen molar-refractivity contribution in [3.05, 3.63) is 60.1 Å². The van der Waals surface area contributed by atoms with E-state index in [4.69, 9.17) is 11.6 Å². The van der Waals surface area contributed by atoms with Crippen molar-refractivity contribution in [2.75, 3.05) is 0 Å². The molecule has 0 N–H and O–H groups in total. The van der Waals surface area contributed by atoms with Gasteiger partial charge in [0.1, 0.15) is 16.6 Å². The van der Waals surface area contributed by atoms with E-state index in [9.17, 15) is 0 Å². The van der Waals surface area contributed by atoms with Crippen molar-refractivity contribution in [1.29, 1.82) is 0 Å². The lowest BCUT2D eigenvalue weighted by Gasteiger charge is -2.15. The molecule has 0 spiro atoms. The lowest BCUT2D eigenvalue weighted by molar-refractivity contribution is 0.388. The van der Waals surface area contributed by atoms with Gasteiger partial charge in [-0.2, -0.15) is 15.0 Å². The quantitative estimate of drug-likeness (QED) is 0.583. The third-order valence-corrected chi connectivity index (χ3v) is 3.61. The molecule has 0 bridgehead atoms. The smallest absolute Gasteiger partial charge is 0.200 e. The molecule has 0 saturated heterocycles. The molecule has 2 aromatic heterocycles. The zero-order valence-electron chi connectivity index (χ0n) is 11.5. The number of hydrogen-bond acceptors (Lipinski definition) is 4. The Morgan fingerprint density at radius 3 is 2.18 bits per heavy atom. The summed E-state index contributed by atoms with van der Waals surface area (Å²) in [6.45, 7) is 3.84. The highest BCUT2D eigenvalue weighted by Crippen LogP contribution is 2.25. The lowest BCUT2D eigenvalue weighted by Crippen LogP contribution is -2.22. The van der Waals surface area contributed by atoms with E-state index in [0.29, 0.717) is 5.03 Å². The molecule has 0 aliphatic heterocycles. The van der Waals surface area contributed by atoms with E-state index in [1.807, 2.05) is 48.5 Å². The van der Waals surface area contributed by atoms with Crippen LogP contribution in [0.4, 0.5) is 0 Å². The third-order valence-electron chi connectivity index (χ3n) is 3.41. The van der Waals surface area contributed by atoms with Crippen molar-refractivity contribution < 1.29 is 0 Å². The number of para-hydroxylation sites is 1. The highest BCUT2D eigenvalue weighted by Gasteiger charge is 2.22. The SMILES string of the molecule is C=C(Cl)C(n1nc2ccccc2n1)n1nnc2ccccc21. The highest BCUT2D eigenvalue weighted by molar-refractivity contribution is 6.29. The van der Waals surface area contributed by atoms with E-state index in [0.717, 1.165) is 22.1 Å². The molecular formula is C15H11ClN6. The third kappa shape index (κ3) is 1.96. The zero-order valence-corrected chi connectivity index (χ0v) is 12.2. The first-order valence-corrected chi connectivity index (χ1v) is 7.07. The van der Waals surface area contributed by atoms with E-state index in [-0.39, 0.29) is 0 Å². The molecule has 0 radical (unpaired) electrons. The summed E-state index contributed by atoms with van der Waals surface area (Å²) in [4.78, 5) is 1.52. The Labute approximate surface area is 130 Å². The summed E-state index contributed by atoms with van der Waals surface area (Å²) < 4.78 is 1.67. The van der Waals surface area contributed by atoms with Crippen LogP contribution >= 0.6 is 11.6 Å². The van der Waals surface area contributed by atoms with Crippen LogP contribution in [0.1, 0.15) is 6.17 Å². The Morgan fingerprint density at radius 1 is 0.955 bits per heavy atom. The van der Waals surface area contributed by atoms with Gasteiger partial charge in [0, 0.05) is 0 Å². The molecular weight excluding hydrogens is 300 g/mol. The van der Waals surface area contributed by atoms with Crippen LogP contribution in [0, 0.1) is 0 Å². The molecule has 7 heteroatoms. The summed E-state index contributed by atoms with van der Waals surface area (Å²) in [6, 6.07) is 15.3. The second kappa shape index (κ2) is 4.92. The molecule has 0 aliphatic rings. The zero-order chi connectivity index (χ0) is 15.1. The second-order valence-corrected chi connectivity index (χ2v) is 5.34. The van der Waals surface area contributed by atoms with Crippen LogP contribution in [0.25, 0.3) is 22.1 Å². The largest absolute Gasteiger partial charge is 0.213 e. The lowest BCUT2D eigenvalue weighted by atomic mass is 10.3. The number of benzene rings is 2. The van der Waals surface area contributed by atoms with Crippen LogP contribution in [-0.4, -0.2) is 30.0 Å². The van der Waals surface area contributed by atoms with Crippen molar-refractivity contribution in [2.45, 2.75) is 6.17 Å². The molecule has 1 unspecified atom stereocenters. The number of rotatable bonds is 3. The van der Waals surface area contributed by atoms with Crippen LogP contribution in [0.3, 0.4) is 0 Å². The minimum absolute atomic E-state index is 0.357. The summed E-state index contributed by atoms with van der Waals surface area (Å²) >= 11 is 6.21. The number of fused-ring (bicyclic) bond motifs is 2. The average molecular weight is 311 g/mol.